The Labute approximate surface area is 157 Å². The predicted molar refractivity (Wildman–Crippen MR) is 94.2 cm³/mol. The van der Waals surface area contributed by atoms with Gasteiger partial charge in [-0.05, 0) is 24.1 Å². The monoisotopic (exact) mass is 395 g/mol. The Kier molecular flexibility index (Phi) is 5.84. The second kappa shape index (κ2) is 8.30. The number of carbonyl (C=O) groups excluding carboxylic acids is 1. The van der Waals surface area contributed by atoms with Crippen LogP contribution >= 0.6 is 11.3 Å². The van der Waals surface area contributed by atoms with Crippen LogP contribution in [-0.2, 0) is 23.9 Å². The molecule has 0 spiro atoms. The summed E-state index contributed by atoms with van der Waals surface area (Å²) in [6.45, 7) is 0.602. The number of aryl methyl sites for hydroxylation is 1. The van der Waals surface area contributed by atoms with Crippen LogP contribution in [0.25, 0.3) is 0 Å². The maximum atomic E-state index is 12.6. The number of rotatable bonds is 7. The predicted octanol–water partition coefficient (Wildman–Crippen LogP) is 3.76. The van der Waals surface area contributed by atoms with Crippen molar-refractivity contribution in [1.29, 1.82) is 0 Å². The Hall–Kier alpha value is -2.75. The van der Waals surface area contributed by atoms with E-state index in [0.29, 0.717) is 30.9 Å². The number of anilines is 1. The van der Waals surface area contributed by atoms with Crippen LogP contribution < -0.4 is 5.32 Å². The van der Waals surface area contributed by atoms with Crippen molar-refractivity contribution in [3.63, 3.8) is 0 Å². The molecule has 6 nitrogen and oxygen atoms in total. The number of nitrogens with one attached hydrogen (secondary N) is 1. The smallest absolute Gasteiger partial charge is 0.302 e. The number of hydrogen-bond acceptors (Lipinski definition) is 5. The van der Waals surface area contributed by atoms with Crippen molar-refractivity contribution in [3.8, 4) is 0 Å². The molecular formula is C17H16F3N5OS. The molecule has 0 aliphatic heterocycles. The second-order valence-corrected chi connectivity index (χ2v) is 6.93. The maximum Gasteiger partial charge on any atom is 0.416 e. The molecule has 0 bridgehead atoms. The van der Waals surface area contributed by atoms with Crippen LogP contribution in [0.3, 0.4) is 0 Å². The summed E-state index contributed by atoms with van der Waals surface area (Å²) in [6, 6.07) is 5.03. The highest BCUT2D eigenvalue weighted by molar-refractivity contribution is 7.15. The minimum absolute atomic E-state index is 0.148. The van der Waals surface area contributed by atoms with Crippen LogP contribution in [0.15, 0.2) is 43.1 Å². The Morgan fingerprint density at radius 3 is 2.67 bits per heavy atom. The zero-order valence-corrected chi connectivity index (χ0v) is 14.9. The number of benzene rings is 1. The highest BCUT2D eigenvalue weighted by atomic mass is 32.1. The van der Waals surface area contributed by atoms with Crippen molar-refractivity contribution < 1.29 is 18.0 Å². The molecule has 1 N–H and O–H groups in total. The fourth-order valence-electron chi connectivity index (χ4n) is 2.39. The van der Waals surface area contributed by atoms with E-state index in [9.17, 15) is 18.0 Å². The van der Waals surface area contributed by atoms with Gasteiger partial charge in [0, 0.05) is 30.5 Å². The third kappa shape index (κ3) is 5.61. The molecule has 2 aromatic heterocycles. The van der Waals surface area contributed by atoms with Crippen molar-refractivity contribution in [2.45, 2.75) is 32.0 Å². The standard InChI is InChI=1S/C17H16F3N5OS/c18-17(19,20)13-5-3-12(4-6-13)8-14-9-22-16(27-14)24-15(26)2-1-7-25-11-21-10-23-25/h3-6,9-11H,1-2,7-8H2,(H,22,24,26). The Morgan fingerprint density at radius 2 is 2.00 bits per heavy atom. The molecule has 3 aromatic rings. The Morgan fingerprint density at radius 1 is 1.22 bits per heavy atom. The first-order valence-corrected chi connectivity index (χ1v) is 8.95. The third-order valence-corrected chi connectivity index (χ3v) is 4.63. The average molecular weight is 395 g/mol. The van der Waals surface area contributed by atoms with E-state index in [0.717, 1.165) is 22.6 Å². The Bertz CT molecular complexity index is 875. The number of amides is 1. The lowest BCUT2D eigenvalue weighted by atomic mass is 10.1. The first-order valence-electron chi connectivity index (χ1n) is 8.13. The lowest BCUT2D eigenvalue weighted by Crippen LogP contribution is -2.12. The molecule has 2 heterocycles. The fraction of sp³-hybridized carbons (Fsp3) is 0.294. The highest BCUT2D eigenvalue weighted by Gasteiger charge is 2.29. The van der Waals surface area contributed by atoms with Crippen LogP contribution in [0.2, 0.25) is 0 Å². The number of carbonyl (C=O) groups is 1. The van der Waals surface area contributed by atoms with Gasteiger partial charge in [0.2, 0.25) is 5.91 Å². The van der Waals surface area contributed by atoms with E-state index >= 15 is 0 Å². The van der Waals surface area contributed by atoms with Crippen molar-refractivity contribution in [1.82, 2.24) is 19.7 Å². The van der Waals surface area contributed by atoms with Gasteiger partial charge in [-0.25, -0.2) is 9.97 Å². The minimum Gasteiger partial charge on any atom is -0.302 e. The quantitative estimate of drug-likeness (QED) is 0.661. The third-order valence-electron chi connectivity index (χ3n) is 3.72. The van der Waals surface area contributed by atoms with Crippen LogP contribution in [0, 0.1) is 0 Å². The SMILES string of the molecule is O=C(CCCn1cncn1)Nc1ncc(Cc2ccc(C(F)(F)F)cc2)s1. The molecule has 0 saturated heterocycles. The molecule has 0 aliphatic rings. The molecule has 10 heteroatoms. The molecule has 0 fully saturated rings. The van der Waals surface area contributed by atoms with Crippen molar-refractivity contribution in [2.75, 3.05) is 5.32 Å². The van der Waals surface area contributed by atoms with E-state index in [1.807, 2.05) is 0 Å². The van der Waals surface area contributed by atoms with Gasteiger partial charge in [0.1, 0.15) is 12.7 Å². The van der Waals surface area contributed by atoms with Crippen molar-refractivity contribution in [2.24, 2.45) is 0 Å². The molecule has 0 radical (unpaired) electrons. The van der Waals surface area contributed by atoms with Gasteiger partial charge < -0.3 is 5.32 Å². The normalized spacial score (nSPS) is 11.5. The van der Waals surface area contributed by atoms with Crippen LogP contribution in [0.1, 0.15) is 28.8 Å². The second-order valence-electron chi connectivity index (χ2n) is 5.81. The molecule has 27 heavy (non-hydrogen) atoms. The van der Waals surface area contributed by atoms with Crippen molar-refractivity contribution in [3.05, 3.63) is 59.1 Å². The first-order chi connectivity index (χ1) is 12.9. The molecule has 1 amide bonds. The van der Waals surface area contributed by atoms with Crippen LogP contribution in [0.4, 0.5) is 18.3 Å². The van der Waals surface area contributed by atoms with Gasteiger partial charge in [0.25, 0.3) is 0 Å². The van der Waals surface area contributed by atoms with Gasteiger partial charge in [-0.1, -0.05) is 12.1 Å². The molecule has 0 atom stereocenters. The maximum absolute atomic E-state index is 12.6. The summed E-state index contributed by atoms with van der Waals surface area (Å²) in [5.74, 6) is -0.148. The van der Waals surface area contributed by atoms with E-state index in [-0.39, 0.29) is 5.91 Å². The van der Waals surface area contributed by atoms with E-state index in [4.69, 9.17) is 0 Å². The first kappa shape index (κ1) is 19.0. The molecular weight excluding hydrogens is 379 g/mol. The number of halogens is 3. The summed E-state index contributed by atoms with van der Waals surface area (Å²) >= 11 is 1.30. The largest absolute Gasteiger partial charge is 0.416 e. The number of hydrogen-bond donors (Lipinski definition) is 1. The molecule has 0 saturated carbocycles. The molecule has 0 unspecified atom stereocenters. The number of alkyl halides is 3. The minimum atomic E-state index is -4.34. The van der Waals surface area contributed by atoms with E-state index in [2.05, 4.69) is 20.4 Å². The van der Waals surface area contributed by atoms with Crippen LogP contribution in [-0.4, -0.2) is 25.7 Å². The summed E-state index contributed by atoms with van der Waals surface area (Å²) in [5, 5.41) is 7.17. The number of thiazole rings is 1. The van der Waals surface area contributed by atoms with Gasteiger partial charge in [-0.2, -0.15) is 18.3 Å². The summed E-state index contributed by atoms with van der Waals surface area (Å²) < 4.78 is 39.4. The van der Waals surface area contributed by atoms with Gasteiger partial charge in [-0.15, -0.1) is 11.3 Å². The summed E-state index contributed by atoms with van der Waals surface area (Å²) in [6.07, 6.45) is 1.71. The van der Waals surface area contributed by atoms with Gasteiger partial charge >= 0.3 is 6.18 Å². The van der Waals surface area contributed by atoms with E-state index in [1.165, 1.54) is 29.8 Å². The average Bonchev–Trinajstić information content (AvgIpc) is 3.27. The molecule has 1 aromatic carbocycles. The zero-order valence-electron chi connectivity index (χ0n) is 14.1. The lowest BCUT2D eigenvalue weighted by molar-refractivity contribution is -0.137. The number of nitrogens with zero attached hydrogens (tertiary/aromatic N) is 4. The Balaban J connectivity index is 1.48. The summed E-state index contributed by atoms with van der Waals surface area (Å²) in [7, 11) is 0. The van der Waals surface area contributed by atoms with Gasteiger partial charge in [0.15, 0.2) is 5.13 Å². The number of aromatic nitrogens is 4. The van der Waals surface area contributed by atoms with E-state index in [1.54, 1.807) is 17.2 Å². The van der Waals surface area contributed by atoms with E-state index < -0.39 is 11.7 Å². The summed E-state index contributed by atoms with van der Waals surface area (Å²) in [4.78, 5) is 20.8. The molecule has 0 aliphatic carbocycles. The summed E-state index contributed by atoms with van der Waals surface area (Å²) in [5.41, 5.74) is 0.0757. The lowest BCUT2D eigenvalue weighted by Gasteiger charge is -2.06. The van der Waals surface area contributed by atoms with Crippen molar-refractivity contribution >= 4 is 22.4 Å². The molecule has 142 valence electrons. The van der Waals surface area contributed by atoms with Gasteiger partial charge in [0.05, 0.1) is 5.56 Å². The van der Waals surface area contributed by atoms with Gasteiger partial charge in [-0.3, -0.25) is 9.48 Å². The highest BCUT2D eigenvalue weighted by Crippen LogP contribution is 2.29. The molecule has 3 rings (SSSR count). The van der Waals surface area contributed by atoms with Crippen LogP contribution in [0.5, 0.6) is 0 Å². The fourth-order valence-corrected chi connectivity index (χ4v) is 3.25. The zero-order chi connectivity index (χ0) is 19.3. The topological polar surface area (TPSA) is 72.7 Å².